The number of aryl methyl sites for hydroxylation is 1. The minimum atomic E-state index is -0.142. The maximum absolute atomic E-state index is 11.8. The molecule has 1 amide bonds. The first-order chi connectivity index (χ1) is 9.01. The Hall–Kier alpha value is -2.10. The van der Waals surface area contributed by atoms with Crippen LogP contribution in [0.5, 0.6) is 5.75 Å². The molecule has 0 aliphatic carbocycles. The summed E-state index contributed by atoms with van der Waals surface area (Å²) >= 11 is 0. The van der Waals surface area contributed by atoms with Crippen molar-refractivity contribution in [2.45, 2.75) is 20.8 Å². The second-order valence-corrected chi connectivity index (χ2v) is 4.86. The minimum Gasteiger partial charge on any atom is -0.496 e. The van der Waals surface area contributed by atoms with Gasteiger partial charge in [-0.25, -0.2) is 4.99 Å². The lowest BCUT2D eigenvalue weighted by Crippen LogP contribution is -2.27. The van der Waals surface area contributed by atoms with Crippen molar-refractivity contribution in [3.8, 4) is 5.75 Å². The molecule has 1 aliphatic heterocycles. The Labute approximate surface area is 113 Å². The molecule has 0 saturated carbocycles. The van der Waals surface area contributed by atoms with Crippen LogP contribution in [0.3, 0.4) is 0 Å². The van der Waals surface area contributed by atoms with Crippen molar-refractivity contribution in [1.29, 1.82) is 0 Å². The molecule has 1 heterocycles. The zero-order chi connectivity index (χ0) is 14.0. The molecule has 1 aromatic carbocycles. The zero-order valence-corrected chi connectivity index (χ0v) is 11.7. The Morgan fingerprint density at radius 3 is 2.63 bits per heavy atom. The average Bonchev–Trinajstić information content (AvgIpc) is 2.71. The van der Waals surface area contributed by atoms with Crippen molar-refractivity contribution in [2.24, 2.45) is 10.9 Å². The van der Waals surface area contributed by atoms with Crippen LogP contribution in [0.25, 0.3) is 6.08 Å². The van der Waals surface area contributed by atoms with E-state index in [0.29, 0.717) is 5.70 Å². The van der Waals surface area contributed by atoms with E-state index in [0.717, 1.165) is 22.7 Å². The standard InChI is InChI=1S/C15H18N2O2/c1-9(2)14-16-12(15(18)17-14)8-11-5-6-13(19-4)10(3)7-11/h5-9H,1-4H3,(H,16,17,18)/b12-8+. The molecule has 0 fully saturated rings. The highest BCUT2D eigenvalue weighted by Crippen LogP contribution is 2.21. The lowest BCUT2D eigenvalue weighted by Gasteiger charge is -2.04. The smallest absolute Gasteiger partial charge is 0.275 e. The monoisotopic (exact) mass is 258 g/mol. The zero-order valence-electron chi connectivity index (χ0n) is 11.7. The topological polar surface area (TPSA) is 50.7 Å². The molecular weight excluding hydrogens is 240 g/mol. The normalized spacial score (nSPS) is 16.8. The number of carbonyl (C=O) groups excluding carboxylic acids is 1. The number of hydrogen-bond acceptors (Lipinski definition) is 3. The molecule has 0 aromatic heterocycles. The second-order valence-electron chi connectivity index (χ2n) is 4.86. The van der Waals surface area contributed by atoms with Crippen LogP contribution in [0.2, 0.25) is 0 Å². The van der Waals surface area contributed by atoms with E-state index in [2.05, 4.69) is 10.3 Å². The van der Waals surface area contributed by atoms with Crippen LogP contribution in [0.1, 0.15) is 25.0 Å². The summed E-state index contributed by atoms with van der Waals surface area (Å²) in [5, 5.41) is 2.78. The van der Waals surface area contributed by atoms with Gasteiger partial charge in [-0.2, -0.15) is 0 Å². The van der Waals surface area contributed by atoms with Crippen LogP contribution in [0.4, 0.5) is 0 Å². The first-order valence-electron chi connectivity index (χ1n) is 6.27. The number of rotatable bonds is 3. The third-order valence-electron chi connectivity index (χ3n) is 2.98. The molecule has 1 aromatic rings. The van der Waals surface area contributed by atoms with Crippen LogP contribution in [0, 0.1) is 12.8 Å². The van der Waals surface area contributed by atoms with Gasteiger partial charge in [-0.3, -0.25) is 4.79 Å². The summed E-state index contributed by atoms with van der Waals surface area (Å²) in [6, 6.07) is 5.78. The Morgan fingerprint density at radius 1 is 1.37 bits per heavy atom. The fraction of sp³-hybridized carbons (Fsp3) is 0.333. The van der Waals surface area contributed by atoms with E-state index in [9.17, 15) is 4.79 Å². The number of methoxy groups -OCH3 is 1. The fourth-order valence-electron chi connectivity index (χ4n) is 1.91. The van der Waals surface area contributed by atoms with E-state index in [1.165, 1.54) is 0 Å². The maximum atomic E-state index is 11.8. The largest absolute Gasteiger partial charge is 0.496 e. The predicted octanol–water partition coefficient (Wildman–Crippen LogP) is 2.53. The molecule has 4 heteroatoms. The van der Waals surface area contributed by atoms with Gasteiger partial charge in [0.15, 0.2) is 0 Å². The van der Waals surface area contributed by atoms with E-state index >= 15 is 0 Å². The second kappa shape index (κ2) is 5.26. The first kappa shape index (κ1) is 13.3. The van der Waals surface area contributed by atoms with Crippen molar-refractivity contribution in [3.63, 3.8) is 0 Å². The van der Waals surface area contributed by atoms with Crippen LogP contribution < -0.4 is 10.1 Å². The first-order valence-corrected chi connectivity index (χ1v) is 6.27. The van der Waals surface area contributed by atoms with Crippen molar-refractivity contribution in [1.82, 2.24) is 5.32 Å². The highest BCUT2D eigenvalue weighted by molar-refractivity contribution is 6.14. The summed E-state index contributed by atoms with van der Waals surface area (Å²) in [6.07, 6.45) is 1.79. The van der Waals surface area contributed by atoms with E-state index in [1.807, 2.05) is 39.0 Å². The lowest BCUT2D eigenvalue weighted by molar-refractivity contribution is -0.115. The molecule has 1 N–H and O–H groups in total. The molecule has 2 rings (SSSR count). The summed E-state index contributed by atoms with van der Waals surface area (Å²) in [4.78, 5) is 16.1. The van der Waals surface area contributed by atoms with Crippen molar-refractivity contribution >= 4 is 17.8 Å². The Kier molecular flexibility index (Phi) is 3.69. The van der Waals surface area contributed by atoms with E-state index < -0.39 is 0 Å². The lowest BCUT2D eigenvalue weighted by atomic mass is 10.1. The van der Waals surface area contributed by atoms with E-state index in [1.54, 1.807) is 13.2 Å². The Morgan fingerprint density at radius 2 is 2.11 bits per heavy atom. The molecule has 19 heavy (non-hydrogen) atoms. The van der Waals surface area contributed by atoms with Crippen molar-refractivity contribution in [3.05, 3.63) is 35.0 Å². The predicted molar refractivity (Wildman–Crippen MR) is 76.1 cm³/mol. The molecule has 0 bridgehead atoms. The number of carbonyl (C=O) groups is 1. The van der Waals surface area contributed by atoms with Crippen molar-refractivity contribution < 1.29 is 9.53 Å². The number of nitrogens with zero attached hydrogens (tertiary/aromatic N) is 1. The molecule has 4 nitrogen and oxygen atoms in total. The highest BCUT2D eigenvalue weighted by atomic mass is 16.5. The maximum Gasteiger partial charge on any atom is 0.275 e. The van der Waals surface area contributed by atoms with Crippen LogP contribution in [0.15, 0.2) is 28.9 Å². The number of hydrogen-bond donors (Lipinski definition) is 1. The van der Waals surface area contributed by atoms with Gasteiger partial charge in [-0.15, -0.1) is 0 Å². The van der Waals surface area contributed by atoms with Gasteiger partial charge in [0.2, 0.25) is 0 Å². The van der Waals surface area contributed by atoms with E-state index in [-0.39, 0.29) is 11.8 Å². The fourth-order valence-corrected chi connectivity index (χ4v) is 1.91. The van der Waals surface area contributed by atoms with Crippen LogP contribution in [-0.2, 0) is 4.79 Å². The molecule has 0 spiro atoms. The third kappa shape index (κ3) is 2.84. The van der Waals surface area contributed by atoms with Gasteiger partial charge < -0.3 is 10.1 Å². The van der Waals surface area contributed by atoms with Crippen LogP contribution >= 0.6 is 0 Å². The van der Waals surface area contributed by atoms with Gasteiger partial charge in [-0.05, 0) is 36.3 Å². The molecule has 0 radical (unpaired) electrons. The van der Waals surface area contributed by atoms with Gasteiger partial charge in [0.05, 0.1) is 7.11 Å². The summed E-state index contributed by atoms with van der Waals surface area (Å²) in [6.45, 7) is 5.97. The average molecular weight is 258 g/mol. The quantitative estimate of drug-likeness (QED) is 0.847. The summed E-state index contributed by atoms with van der Waals surface area (Å²) in [5.74, 6) is 1.63. The third-order valence-corrected chi connectivity index (χ3v) is 2.98. The van der Waals surface area contributed by atoms with Crippen molar-refractivity contribution in [2.75, 3.05) is 7.11 Å². The number of amidine groups is 1. The number of aliphatic imine (C=N–C) groups is 1. The molecular formula is C15H18N2O2. The SMILES string of the molecule is COc1ccc(/C=C2/N=C(C(C)C)NC2=O)cc1C. The van der Waals surface area contributed by atoms with Gasteiger partial charge in [0.25, 0.3) is 5.91 Å². The molecule has 0 unspecified atom stereocenters. The number of nitrogens with one attached hydrogen (secondary N) is 1. The number of ether oxygens (including phenoxy) is 1. The van der Waals surface area contributed by atoms with Crippen LogP contribution in [-0.4, -0.2) is 18.9 Å². The molecule has 0 atom stereocenters. The molecule has 100 valence electrons. The van der Waals surface area contributed by atoms with Gasteiger partial charge in [0, 0.05) is 5.92 Å². The number of benzene rings is 1. The van der Waals surface area contributed by atoms with Gasteiger partial charge in [0.1, 0.15) is 17.3 Å². The number of amides is 1. The Bertz CT molecular complexity index is 572. The summed E-state index contributed by atoms with van der Waals surface area (Å²) in [5.41, 5.74) is 2.42. The minimum absolute atomic E-state index is 0.142. The molecule has 0 saturated heterocycles. The Balaban J connectivity index is 2.31. The molecule has 1 aliphatic rings. The van der Waals surface area contributed by atoms with Gasteiger partial charge in [-0.1, -0.05) is 19.9 Å². The van der Waals surface area contributed by atoms with Gasteiger partial charge >= 0.3 is 0 Å². The summed E-state index contributed by atoms with van der Waals surface area (Å²) in [7, 11) is 1.64. The van der Waals surface area contributed by atoms with E-state index in [4.69, 9.17) is 4.74 Å². The highest BCUT2D eigenvalue weighted by Gasteiger charge is 2.21. The summed E-state index contributed by atoms with van der Waals surface area (Å²) < 4.78 is 5.21.